The molecule has 8 rings (SSSR count). The highest BCUT2D eigenvalue weighted by Gasteiger charge is 2.54. The normalized spacial score (nSPS) is 19.4. The number of rotatable bonds is 10. The second-order valence-electron chi connectivity index (χ2n) is 14.9. The van der Waals surface area contributed by atoms with E-state index in [1.165, 1.54) is 22.1 Å². The van der Waals surface area contributed by atoms with Crippen molar-refractivity contribution < 1.29 is 27.4 Å². The van der Waals surface area contributed by atoms with Crippen molar-refractivity contribution in [2.75, 3.05) is 24.5 Å². The summed E-state index contributed by atoms with van der Waals surface area (Å²) in [6.07, 6.45) is 3.69. The predicted molar refractivity (Wildman–Crippen MR) is 187 cm³/mol. The lowest BCUT2D eigenvalue weighted by Gasteiger charge is -2.58. The lowest BCUT2D eigenvalue weighted by Crippen LogP contribution is -2.65. The quantitative estimate of drug-likeness (QED) is 0.169. The number of fused-ring (bicyclic) bond motifs is 1. The molecule has 272 valence electrons. The average Bonchev–Trinajstić information content (AvgIpc) is 3.06. The summed E-state index contributed by atoms with van der Waals surface area (Å²) in [5.41, 5.74) is 3.50. The van der Waals surface area contributed by atoms with Crippen LogP contribution in [0.2, 0.25) is 5.15 Å². The van der Waals surface area contributed by atoms with E-state index < -0.39 is 42.6 Å². The number of alkyl halides is 2. The lowest BCUT2D eigenvalue weighted by atomic mass is 9.61. The first-order valence-corrected chi connectivity index (χ1v) is 18.0. The minimum atomic E-state index is -2.83. The van der Waals surface area contributed by atoms with Crippen LogP contribution in [0.5, 0.6) is 17.5 Å². The van der Waals surface area contributed by atoms with Gasteiger partial charge in [-0.25, -0.2) is 13.2 Å². The van der Waals surface area contributed by atoms with Gasteiger partial charge >= 0.3 is 6.01 Å². The van der Waals surface area contributed by atoms with Gasteiger partial charge in [-0.1, -0.05) is 47.0 Å². The van der Waals surface area contributed by atoms with Crippen LogP contribution in [0.4, 0.5) is 19.0 Å². The smallest absolute Gasteiger partial charge is 0.343 e. The van der Waals surface area contributed by atoms with Crippen LogP contribution in [0.1, 0.15) is 66.7 Å². The van der Waals surface area contributed by atoms with E-state index in [0.29, 0.717) is 18.9 Å². The van der Waals surface area contributed by atoms with E-state index in [1.807, 2.05) is 23.2 Å². The molecular formula is C38H39ClF3N7O3. The van der Waals surface area contributed by atoms with Crippen LogP contribution >= 0.6 is 11.6 Å². The van der Waals surface area contributed by atoms with E-state index in [2.05, 4.69) is 49.3 Å². The van der Waals surface area contributed by atoms with Gasteiger partial charge in [0, 0.05) is 86.9 Å². The highest BCUT2D eigenvalue weighted by molar-refractivity contribution is 6.31. The fourth-order valence-electron chi connectivity index (χ4n) is 8.07. The number of nitrogens with zero attached hydrogens (tertiary/aromatic N) is 7. The molecule has 0 bridgehead atoms. The molecule has 1 amide bonds. The molecule has 2 aliphatic heterocycles. The maximum absolute atomic E-state index is 14.4. The van der Waals surface area contributed by atoms with E-state index >= 15 is 0 Å². The largest absolute Gasteiger partial charge is 0.490 e. The number of aromatic nitrogens is 4. The standard InChI is InChI=1S/C38H39ClF3N7O3/c1-23(2)49(26-15-38(41,42)16-26)35(50)28-14-25(40)8-9-31(28)52-36-44-34(33(39)45-46-36)48-21-37(22-48)17-27(18-37)51-32-10-12-43-30-11-13-47(20-29(30)32)19-24-6-4-3-5-7-24/h3-10,12,14,23,26-27H,11,13,15-22H2,1-2H3. The number of carbonyl (C=O) groups is 1. The Bertz CT molecular complexity index is 1960. The van der Waals surface area contributed by atoms with Crippen molar-refractivity contribution in [3.63, 3.8) is 0 Å². The van der Waals surface area contributed by atoms with Gasteiger partial charge in [-0.05, 0) is 56.5 Å². The molecule has 4 aromatic rings. The topological polar surface area (TPSA) is 96.8 Å². The second-order valence-corrected chi connectivity index (χ2v) is 15.2. The van der Waals surface area contributed by atoms with Crippen LogP contribution in [-0.4, -0.2) is 79.6 Å². The molecule has 2 aromatic heterocycles. The Kier molecular flexibility index (Phi) is 8.97. The Balaban J connectivity index is 0.903. The minimum absolute atomic E-state index is 0.0150. The van der Waals surface area contributed by atoms with Crippen molar-refractivity contribution in [3.05, 3.63) is 94.1 Å². The van der Waals surface area contributed by atoms with Crippen molar-refractivity contribution in [2.24, 2.45) is 5.41 Å². The third-order valence-electron chi connectivity index (χ3n) is 10.6. The summed E-state index contributed by atoms with van der Waals surface area (Å²) in [5.74, 6) is -2.83. The molecule has 1 saturated heterocycles. The van der Waals surface area contributed by atoms with Gasteiger partial charge in [-0.2, -0.15) is 4.98 Å². The summed E-state index contributed by atoms with van der Waals surface area (Å²) in [6, 6.07) is 14.7. The molecule has 0 N–H and O–H groups in total. The van der Waals surface area contributed by atoms with Gasteiger partial charge in [0.15, 0.2) is 11.0 Å². The zero-order chi connectivity index (χ0) is 36.2. The van der Waals surface area contributed by atoms with Gasteiger partial charge in [0.2, 0.25) is 0 Å². The van der Waals surface area contributed by atoms with Crippen molar-refractivity contribution in [2.45, 2.75) is 83.2 Å². The van der Waals surface area contributed by atoms with Crippen LogP contribution in [0, 0.1) is 11.2 Å². The summed E-state index contributed by atoms with van der Waals surface area (Å²) in [7, 11) is 0. The van der Waals surface area contributed by atoms with E-state index in [9.17, 15) is 18.0 Å². The van der Waals surface area contributed by atoms with Crippen LogP contribution < -0.4 is 14.4 Å². The SMILES string of the molecule is CC(C)N(C(=O)c1cc(F)ccc1Oc1nnc(Cl)c(N2CC3(CC(Oc4ccnc5c4CN(Cc4ccccc4)CC5)C3)C2)n1)C1CC(F)(F)C1. The number of hydrogen-bond acceptors (Lipinski definition) is 9. The maximum atomic E-state index is 14.4. The molecule has 10 nitrogen and oxygen atoms in total. The maximum Gasteiger partial charge on any atom is 0.343 e. The molecule has 1 spiro atoms. The zero-order valence-electron chi connectivity index (χ0n) is 28.9. The third kappa shape index (κ3) is 6.88. The number of hydrogen-bond donors (Lipinski definition) is 0. The van der Waals surface area contributed by atoms with Gasteiger partial charge < -0.3 is 19.3 Å². The molecule has 4 aliphatic rings. The summed E-state index contributed by atoms with van der Waals surface area (Å²) in [5, 5.41) is 8.10. The molecule has 52 heavy (non-hydrogen) atoms. The molecule has 4 heterocycles. The van der Waals surface area contributed by atoms with Crippen molar-refractivity contribution in [1.29, 1.82) is 0 Å². The van der Waals surface area contributed by atoms with E-state index in [4.69, 9.17) is 21.1 Å². The van der Waals surface area contributed by atoms with Gasteiger partial charge in [-0.3, -0.25) is 14.7 Å². The molecular weight excluding hydrogens is 695 g/mol. The third-order valence-corrected chi connectivity index (χ3v) is 10.8. The zero-order valence-corrected chi connectivity index (χ0v) is 29.7. The molecule has 3 fully saturated rings. The van der Waals surface area contributed by atoms with Crippen molar-refractivity contribution >= 4 is 23.3 Å². The Morgan fingerprint density at radius 3 is 2.54 bits per heavy atom. The molecule has 14 heteroatoms. The van der Waals surface area contributed by atoms with Crippen LogP contribution in [0.25, 0.3) is 0 Å². The Labute approximate surface area is 304 Å². The molecule has 0 unspecified atom stereocenters. The Morgan fingerprint density at radius 2 is 1.81 bits per heavy atom. The lowest BCUT2D eigenvalue weighted by molar-refractivity contribution is -0.120. The number of pyridine rings is 1. The molecule has 0 atom stereocenters. The number of anilines is 1. The first-order chi connectivity index (χ1) is 24.9. The monoisotopic (exact) mass is 733 g/mol. The van der Waals surface area contributed by atoms with E-state index in [-0.39, 0.29) is 34.0 Å². The molecule has 2 saturated carbocycles. The first-order valence-electron chi connectivity index (χ1n) is 17.7. The van der Waals surface area contributed by atoms with Crippen molar-refractivity contribution in [3.8, 4) is 17.5 Å². The number of ether oxygens (including phenoxy) is 2. The van der Waals surface area contributed by atoms with Gasteiger partial charge in [0.25, 0.3) is 11.8 Å². The molecule has 2 aromatic carbocycles. The van der Waals surface area contributed by atoms with E-state index in [1.54, 1.807) is 13.8 Å². The highest BCUT2D eigenvalue weighted by atomic mass is 35.5. The summed E-state index contributed by atoms with van der Waals surface area (Å²) >= 11 is 6.45. The van der Waals surface area contributed by atoms with Gasteiger partial charge in [-0.15, -0.1) is 5.10 Å². The summed E-state index contributed by atoms with van der Waals surface area (Å²) in [4.78, 5) is 28.6. The number of halogens is 4. The second kappa shape index (κ2) is 13.5. The Hall–Kier alpha value is -4.49. The van der Waals surface area contributed by atoms with Crippen molar-refractivity contribution in [1.82, 2.24) is 30.0 Å². The summed E-state index contributed by atoms with van der Waals surface area (Å²) < 4.78 is 54.3. The Morgan fingerprint density at radius 1 is 1.04 bits per heavy atom. The highest BCUT2D eigenvalue weighted by Crippen LogP contribution is 2.52. The van der Waals surface area contributed by atoms with Crippen LogP contribution in [0.15, 0.2) is 60.8 Å². The first kappa shape index (κ1) is 34.6. The van der Waals surface area contributed by atoms with Gasteiger partial charge in [0.1, 0.15) is 23.4 Å². The molecule has 2 aliphatic carbocycles. The number of amides is 1. The number of benzene rings is 2. The fraction of sp³-hybridized carbons (Fsp3) is 0.447. The van der Waals surface area contributed by atoms with Crippen LogP contribution in [-0.2, 0) is 19.5 Å². The average molecular weight is 734 g/mol. The predicted octanol–water partition coefficient (Wildman–Crippen LogP) is 7.11. The fourth-order valence-corrected chi connectivity index (χ4v) is 8.27. The van der Waals surface area contributed by atoms with Gasteiger partial charge in [0.05, 0.1) is 5.56 Å². The van der Waals surface area contributed by atoms with E-state index in [0.717, 1.165) is 62.5 Å². The summed E-state index contributed by atoms with van der Waals surface area (Å²) in [6.45, 7) is 7.49. The minimum Gasteiger partial charge on any atom is -0.490 e. The molecule has 0 radical (unpaired) electrons. The van der Waals surface area contributed by atoms with Crippen LogP contribution in [0.3, 0.4) is 0 Å². The number of carbonyl (C=O) groups excluding carboxylic acids is 1.